The van der Waals surface area contributed by atoms with Crippen molar-refractivity contribution in [3.63, 3.8) is 0 Å². The van der Waals surface area contributed by atoms with Gasteiger partial charge in [-0.3, -0.25) is 14.4 Å². The van der Waals surface area contributed by atoms with E-state index in [1.54, 1.807) is 0 Å². The van der Waals surface area contributed by atoms with Crippen molar-refractivity contribution in [2.75, 3.05) is 0 Å². The van der Waals surface area contributed by atoms with Gasteiger partial charge >= 0.3 is 0 Å². The molecule has 1 aliphatic rings. The van der Waals surface area contributed by atoms with E-state index in [4.69, 9.17) is 4.84 Å². The van der Waals surface area contributed by atoms with Crippen LogP contribution in [0.2, 0.25) is 0 Å². The Hall–Kier alpha value is -0.900. The molecule has 0 aromatic carbocycles. The van der Waals surface area contributed by atoms with Crippen LogP contribution in [0.4, 0.5) is 0 Å². The zero-order valence-electron chi connectivity index (χ0n) is 14.0. The minimum atomic E-state index is -0.391. The average molecular weight is 297 g/mol. The van der Waals surface area contributed by atoms with Gasteiger partial charge in [-0.05, 0) is 19.8 Å². The summed E-state index contributed by atoms with van der Waals surface area (Å²) in [6, 6.07) is 0. The van der Waals surface area contributed by atoms with Gasteiger partial charge in [-0.2, -0.15) is 5.06 Å². The summed E-state index contributed by atoms with van der Waals surface area (Å²) < 4.78 is 0. The lowest BCUT2D eigenvalue weighted by Crippen LogP contribution is -2.41. The lowest BCUT2D eigenvalue weighted by atomic mass is 9.92. The Morgan fingerprint density at radius 2 is 1.43 bits per heavy atom. The van der Waals surface area contributed by atoms with Crippen LogP contribution in [0.25, 0.3) is 0 Å². The molecule has 0 N–H and O–H groups in total. The molecule has 4 nitrogen and oxygen atoms in total. The Balaban J connectivity index is 2.51. The van der Waals surface area contributed by atoms with Gasteiger partial charge in [0.05, 0.1) is 5.60 Å². The number of hydrogen-bond donors (Lipinski definition) is 0. The molecule has 0 aromatic heterocycles. The van der Waals surface area contributed by atoms with Crippen LogP contribution in [-0.4, -0.2) is 22.5 Å². The molecular weight excluding hydrogens is 266 g/mol. The Labute approximate surface area is 129 Å². The number of unbranched alkanes of at least 4 members (excludes halogenated alkanes) is 5. The van der Waals surface area contributed by atoms with Gasteiger partial charge in [-0.1, -0.05) is 58.8 Å². The van der Waals surface area contributed by atoms with Crippen LogP contribution in [-0.2, 0) is 14.4 Å². The van der Waals surface area contributed by atoms with Crippen LogP contribution in [0, 0.1) is 0 Å². The zero-order chi connectivity index (χ0) is 15.7. The summed E-state index contributed by atoms with van der Waals surface area (Å²) in [6.45, 7) is 6.40. The number of carbonyl (C=O) groups is 2. The maximum absolute atomic E-state index is 11.7. The largest absolute Gasteiger partial charge is 0.272 e. The van der Waals surface area contributed by atoms with Crippen LogP contribution >= 0.6 is 0 Å². The topological polar surface area (TPSA) is 46.6 Å². The average Bonchev–Trinajstić information content (AvgIpc) is 2.77. The van der Waals surface area contributed by atoms with Gasteiger partial charge in [0.1, 0.15) is 0 Å². The van der Waals surface area contributed by atoms with Crippen LogP contribution in [0.15, 0.2) is 0 Å². The lowest BCUT2D eigenvalue weighted by molar-refractivity contribution is -0.230. The fraction of sp³-hybridized carbons (Fsp3) is 0.882. The number of carbonyl (C=O) groups excluding carboxylic acids is 2. The first-order chi connectivity index (χ1) is 10.0. The predicted octanol–water partition coefficient (Wildman–Crippen LogP) is 4.38. The van der Waals surface area contributed by atoms with E-state index in [9.17, 15) is 9.59 Å². The third kappa shape index (κ3) is 6.16. The normalized spacial score (nSPS) is 18.3. The third-order valence-corrected chi connectivity index (χ3v) is 4.19. The molecule has 1 unspecified atom stereocenters. The van der Waals surface area contributed by atoms with E-state index in [2.05, 4.69) is 13.8 Å². The summed E-state index contributed by atoms with van der Waals surface area (Å²) in [7, 11) is 0. The number of hydrogen-bond acceptors (Lipinski definition) is 3. The van der Waals surface area contributed by atoms with E-state index in [0.717, 1.165) is 37.2 Å². The number of nitrogens with zero attached hydrogens (tertiary/aromatic N) is 1. The van der Waals surface area contributed by atoms with Crippen molar-refractivity contribution in [2.24, 2.45) is 0 Å². The maximum Gasteiger partial charge on any atom is 0.254 e. The summed E-state index contributed by atoms with van der Waals surface area (Å²) in [4.78, 5) is 29.3. The molecule has 0 radical (unpaired) electrons. The number of hydroxylamine groups is 2. The van der Waals surface area contributed by atoms with Gasteiger partial charge in [-0.15, -0.1) is 0 Å². The van der Waals surface area contributed by atoms with Crippen LogP contribution < -0.4 is 0 Å². The van der Waals surface area contributed by atoms with Gasteiger partial charge in [0.15, 0.2) is 0 Å². The highest BCUT2D eigenvalue weighted by molar-refractivity contribution is 6.00. The molecule has 0 bridgehead atoms. The Morgan fingerprint density at radius 1 is 0.905 bits per heavy atom. The molecule has 0 aromatic rings. The van der Waals surface area contributed by atoms with E-state index in [0.29, 0.717) is 12.8 Å². The second-order valence-corrected chi connectivity index (χ2v) is 6.39. The molecule has 4 heteroatoms. The van der Waals surface area contributed by atoms with Gasteiger partial charge in [-0.25, -0.2) is 0 Å². The van der Waals surface area contributed by atoms with Crippen LogP contribution in [0.5, 0.6) is 0 Å². The maximum atomic E-state index is 11.7. The second-order valence-electron chi connectivity index (χ2n) is 6.39. The van der Waals surface area contributed by atoms with Gasteiger partial charge in [0, 0.05) is 12.8 Å². The van der Waals surface area contributed by atoms with Crippen molar-refractivity contribution in [2.45, 2.75) is 97.0 Å². The molecule has 0 aliphatic carbocycles. The Kier molecular flexibility index (Phi) is 7.94. The van der Waals surface area contributed by atoms with Crippen molar-refractivity contribution >= 4 is 11.8 Å². The SMILES string of the molecule is CCCCCCCC(C)(CCCC)ON1C(=O)CCC1=O. The highest BCUT2D eigenvalue weighted by atomic mass is 16.7. The molecule has 0 saturated carbocycles. The number of amides is 2. The fourth-order valence-electron chi connectivity index (χ4n) is 2.75. The van der Waals surface area contributed by atoms with E-state index in [1.807, 2.05) is 6.92 Å². The summed E-state index contributed by atoms with van der Waals surface area (Å²) in [5, 5.41) is 1.03. The smallest absolute Gasteiger partial charge is 0.254 e. The summed E-state index contributed by atoms with van der Waals surface area (Å²) >= 11 is 0. The van der Waals surface area contributed by atoms with Gasteiger partial charge in [0.2, 0.25) is 0 Å². The first kappa shape index (κ1) is 18.1. The second kappa shape index (κ2) is 9.19. The predicted molar refractivity (Wildman–Crippen MR) is 83.5 cm³/mol. The molecule has 1 rings (SSSR count). The van der Waals surface area contributed by atoms with Crippen molar-refractivity contribution in [3.05, 3.63) is 0 Å². The monoisotopic (exact) mass is 297 g/mol. The van der Waals surface area contributed by atoms with E-state index >= 15 is 0 Å². The molecule has 122 valence electrons. The summed E-state index contributed by atoms with van der Waals surface area (Å²) in [6.07, 6.45) is 10.6. The minimum absolute atomic E-state index is 0.186. The quantitative estimate of drug-likeness (QED) is 0.420. The molecule has 1 saturated heterocycles. The molecular formula is C17H31NO3. The molecule has 1 atom stereocenters. The number of rotatable bonds is 11. The molecule has 1 fully saturated rings. The molecule has 1 aliphatic heterocycles. The van der Waals surface area contributed by atoms with Crippen molar-refractivity contribution < 1.29 is 14.4 Å². The van der Waals surface area contributed by atoms with E-state index < -0.39 is 5.60 Å². The highest BCUT2D eigenvalue weighted by Crippen LogP contribution is 2.29. The third-order valence-electron chi connectivity index (χ3n) is 4.19. The number of imide groups is 1. The van der Waals surface area contributed by atoms with E-state index in [1.165, 1.54) is 25.7 Å². The molecule has 1 heterocycles. The van der Waals surface area contributed by atoms with Crippen molar-refractivity contribution in [1.29, 1.82) is 0 Å². The Bertz CT molecular complexity index is 327. The van der Waals surface area contributed by atoms with Gasteiger partial charge in [0.25, 0.3) is 11.8 Å². The van der Waals surface area contributed by atoms with Crippen LogP contribution in [0.3, 0.4) is 0 Å². The standard InChI is InChI=1S/C17H31NO3/c1-4-6-8-9-10-14-17(3,13-7-5-2)21-18-15(19)11-12-16(18)20/h4-14H2,1-3H3. The van der Waals surface area contributed by atoms with Crippen molar-refractivity contribution in [1.82, 2.24) is 5.06 Å². The molecule has 0 spiro atoms. The zero-order valence-corrected chi connectivity index (χ0v) is 14.0. The fourth-order valence-corrected chi connectivity index (χ4v) is 2.75. The van der Waals surface area contributed by atoms with Crippen LogP contribution in [0.1, 0.15) is 91.4 Å². The lowest BCUT2D eigenvalue weighted by Gasteiger charge is -2.32. The summed E-state index contributed by atoms with van der Waals surface area (Å²) in [5.74, 6) is -0.373. The molecule has 21 heavy (non-hydrogen) atoms. The van der Waals surface area contributed by atoms with Gasteiger partial charge < -0.3 is 0 Å². The first-order valence-corrected chi connectivity index (χ1v) is 8.57. The Morgan fingerprint density at radius 3 is 2.00 bits per heavy atom. The highest BCUT2D eigenvalue weighted by Gasteiger charge is 2.36. The minimum Gasteiger partial charge on any atom is -0.272 e. The van der Waals surface area contributed by atoms with E-state index in [-0.39, 0.29) is 11.8 Å². The molecule has 2 amide bonds. The summed E-state index contributed by atoms with van der Waals surface area (Å²) in [5.41, 5.74) is -0.391. The van der Waals surface area contributed by atoms with Crippen molar-refractivity contribution in [3.8, 4) is 0 Å². The first-order valence-electron chi connectivity index (χ1n) is 8.57.